The summed E-state index contributed by atoms with van der Waals surface area (Å²) in [5.41, 5.74) is 4.95. The highest BCUT2D eigenvalue weighted by Crippen LogP contribution is 1.98. The molecule has 0 aliphatic carbocycles. The lowest BCUT2D eigenvalue weighted by molar-refractivity contribution is -0.118. The number of carbonyl (C=O) groups excluding carboxylic acids is 1. The van der Waals surface area contributed by atoms with Crippen LogP contribution in [0.4, 0.5) is 0 Å². The molecule has 7 heteroatoms. The maximum absolute atomic E-state index is 11.4. The molecule has 0 aliphatic rings. The number of nitrogens with one attached hydrogen (secondary N) is 1. The van der Waals surface area contributed by atoms with Crippen molar-refractivity contribution in [2.45, 2.75) is 32.1 Å². The Balaban J connectivity index is 3.54. The molecule has 0 spiro atoms. The second-order valence-electron chi connectivity index (χ2n) is 3.53. The van der Waals surface area contributed by atoms with Gasteiger partial charge in [-0.25, -0.2) is 13.1 Å². The van der Waals surface area contributed by atoms with Crippen molar-refractivity contribution in [1.29, 1.82) is 0 Å². The first kappa shape index (κ1) is 15.7. The van der Waals surface area contributed by atoms with E-state index in [0.717, 1.165) is 0 Å². The number of hydrogen-bond donors (Lipinski definition) is 2. The van der Waals surface area contributed by atoms with Crippen LogP contribution in [-0.2, 0) is 14.8 Å². The van der Waals surface area contributed by atoms with Gasteiger partial charge in [-0.15, -0.1) is 11.6 Å². The van der Waals surface area contributed by atoms with E-state index >= 15 is 0 Å². The van der Waals surface area contributed by atoms with E-state index < -0.39 is 10.0 Å². The Hall–Kier alpha value is -0.330. The topological polar surface area (TPSA) is 89.3 Å². The molecule has 1 amide bonds. The third kappa shape index (κ3) is 10.2. The summed E-state index contributed by atoms with van der Waals surface area (Å²) in [6.07, 6.45) is 2.80. The molecule has 0 saturated carbocycles. The first-order valence-electron chi connectivity index (χ1n) is 5.29. The van der Waals surface area contributed by atoms with Gasteiger partial charge in [0.25, 0.3) is 0 Å². The third-order valence-corrected chi connectivity index (χ3v) is 3.71. The number of amides is 1. The SMILES string of the molecule is NC(=O)CCCCNS(=O)(=O)CCCCCl. The molecular weight excluding hydrogens is 252 g/mol. The van der Waals surface area contributed by atoms with Crippen LogP contribution >= 0.6 is 11.6 Å². The average Bonchev–Trinajstić information content (AvgIpc) is 2.16. The Morgan fingerprint density at radius 1 is 1.19 bits per heavy atom. The summed E-state index contributed by atoms with van der Waals surface area (Å²) in [7, 11) is -3.18. The quantitative estimate of drug-likeness (QED) is 0.449. The zero-order valence-electron chi connectivity index (χ0n) is 9.25. The van der Waals surface area contributed by atoms with Gasteiger partial charge in [0, 0.05) is 18.8 Å². The molecule has 0 rings (SSSR count). The molecule has 0 bridgehead atoms. The Morgan fingerprint density at radius 3 is 2.44 bits per heavy atom. The smallest absolute Gasteiger partial charge is 0.217 e. The maximum atomic E-state index is 11.4. The molecular formula is C9H19ClN2O3S. The molecule has 0 aromatic carbocycles. The number of carbonyl (C=O) groups is 1. The number of alkyl halides is 1. The van der Waals surface area contributed by atoms with Crippen molar-refractivity contribution in [1.82, 2.24) is 4.72 Å². The molecule has 0 atom stereocenters. The van der Waals surface area contributed by atoms with Gasteiger partial charge in [0.15, 0.2) is 0 Å². The highest BCUT2D eigenvalue weighted by molar-refractivity contribution is 7.89. The van der Waals surface area contributed by atoms with E-state index in [-0.39, 0.29) is 11.7 Å². The van der Waals surface area contributed by atoms with E-state index in [0.29, 0.717) is 44.5 Å². The van der Waals surface area contributed by atoms with Crippen molar-refractivity contribution in [2.24, 2.45) is 5.73 Å². The van der Waals surface area contributed by atoms with E-state index in [1.807, 2.05) is 0 Å². The fraction of sp³-hybridized carbons (Fsp3) is 0.889. The number of halogens is 1. The van der Waals surface area contributed by atoms with Crippen molar-refractivity contribution >= 4 is 27.5 Å². The standard InChI is InChI=1S/C9H19ClN2O3S/c10-6-2-4-8-16(14,15)12-7-3-1-5-9(11)13/h12H,1-8H2,(H2,11,13). The Bertz CT molecular complexity index is 293. The molecule has 0 unspecified atom stereocenters. The summed E-state index contributed by atoms with van der Waals surface area (Å²) in [6.45, 7) is 0.358. The number of rotatable bonds is 10. The molecule has 0 aliphatic heterocycles. The Kier molecular flexibility index (Phi) is 8.60. The molecule has 0 fully saturated rings. The second kappa shape index (κ2) is 8.78. The lowest BCUT2D eigenvalue weighted by Gasteiger charge is -2.05. The largest absolute Gasteiger partial charge is 0.370 e. The van der Waals surface area contributed by atoms with E-state index in [4.69, 9.17) is 17.3 Å². The number of nitrogens with two attached hydrogens (primary N) is 1. The van der Waals surface area contributed by atoms with Gasteiger partial charge in [0.2, 0.25) is 15.9 Å². The molecule has 16 heavy (non-hydrogen) atoms. The molecule has 0 saturated heterocycles. The fourth-order valence-corrected chi connectivity index (χ4v) is 2.48. The Labute approximate surface area is 102 Å². The zero-order chi connectivity index (χ0) is 12.4. The molecule has 3 N–H and O–H groups in total. The van der Waals surface area contributed by atoms with Crippen molar-refractivity contribution in [3.8, 4) is 0 Å². The maximum Gasteiger partial charge on any atom is 0.217 e. The van der Waals surface area contributed by atoms with Gasteiger partial charge in [-0.05, 0) is 25.7 Å². The van der Waals surface area contributed by atoms with Crippen LogP contribution in [-0.4, -0.2) is 32.5 Å². The number of unbranched alkanes of at least 4 members (excludes halogenated alkanes) is 2. The minimum Gasteiger partial charge on any atom is -0.370 e. The van der Waals surface area contributed by atoms with Crippen molar-refractivity contribution in [3.63, 3.8) is 0 Å². The fourth-order valence-electron chi connectivity index (χ4n) is 1.11. The van der Waals surface area contributed by atoms with Crippen LogP contribution in [0.25, 0.3) is 0 Å². The average molecular weight is 271 g/mol. The van der Waals surface area contributed by atoms with Gasteiger partial charge in [-0.1, -0.05) is 0 Å². The normalized spacial score (nSPS) is 11.6. The summed E-state index contributed by atoms with van der Waals surface area (Å²) < 4.78 is 25.2. The Morgan fingerprint density at radius 2 is 1.88 bits per heavy atom. The van der Waals surface area contributed by atoms with Crippen LogP contribution < -0.4 is 10.5 Å². The van der Waals surface area contributed by atoms with Crippen LogP contribution in [0.3, 0.4) is 0 Å². The third-order valence-electron chi connectivity index (χ3n) is 1.97. The summed E-state index contributed by atoms with van der Waals surface area (Å²) >= 11 is 5.45. The number of hydrogen-bond acceptors (Lipinski definition) is 3. The molecule has 0 radical (unpaired) electrons. The van der Waals surface area contributed by atoms with Crippen molar-refractivity contribution < 1.29 is 13.2 Å². The molecule has 96 valence electrons. The van der Waals surface area contributed by atoms with Crippen molar-refractivity contribution in [2.75, 3.05) is 18.2 Å². The second-order valence-corrected chi connectivity index (χ2v) is 5.84. The van der Waals surface area contributed by atoms with E-state index in [9.17, 15) is 13.2 Å². The monoisotopic (exact) mass is 270 g/mol. The van der Waals surface area contributed by atoms with Crippen LogP contribution in [0.1, 0.15) is 32.1 Å². The van der Waals surface area contributed by atoms with Gasteiger partial charge in [0.1, 0.15) is 0 Å². The summed E-state index contributed by atoms with van der Waals surface area (Å²) in [5, 5.41) is 0. The zero-order valence-corrected chi connectivity index (χ0v) is 10.8. The lowest BCUT2D eigenvalue weighted by Crippen LogP contribution is -2.27. The summed E-state index contributed by atoms with van der Waals surface area (Å²) in [5.74, 6) is 0.230. The minimum atomic E-state index is -3.18. The van der Waals surface area contributed by atoms with Crippen LogP contribution in [0, 0.1) is 0 Å². The van der Waals surface area contributed by atoms with Crippen LogP contribution in [0.2, 0.25) is 0 Å². The van der Waals surface area contributed by atoms with E-state index in [1.165, 1.54) is 0 Å². The molecule has 0 aromatic heterocycles. The number of primary amides is 1. The highest BCUT2D eigenvalue weighted by atomic mass is 35.5. The minimum absolute atomic E-state index is 0.107. The lowest BCUT2D eigenvalue weighted by atomic mass is 10.2. The van der Waals surface area contributed by atoms with Gasteiger partial charge < -0.3 is 5.73 Å². The number of sulfonamides is 1. The van der Waals surface area contributed by atoms with Gasteiger partial charge in [-0.3, -0.25) is 4.79 Å². The summed E-state index contributed by atoms with van der Waals surface area (Å²) in [4.78, 5) is 10.4. The van der Waals surface area contributed by atoms with E-state index in [2.05, 4.69) is 4.72 Å². The predicted octanol–water partition coefficient (Wildman–Crippen LogP) is 0.580. The molecule has 0 aromatic rings. The van der Waals surface area contributed by atoms with Gasteiger partial charge in [-0.2, -0.15) is 0 Å². The molecule has 5 nitrogen and oxygen atoms in total. The van der Waals surface area contributed by atoms with Crippen LogP contribution in [0.5, 0.6) is 0 Å². The van der Waals surface area contributed by atoms with Crippen molar-refractivity contribution in [3.05, 3.63) is 0 Å². The van der Waals surface area contributed by atoms with Crippen LogP contribution in [0.15, 0.2) is 0 Å². The summed E-state index contributed by atoms with van der Waals surface area (Å²) in [6, 6.07) is 0. The highest BCUT2D eigenvalue weighted by Gasteiger charge is 2.08. The first-order valence-corrected chi connectivity index (χ1v) is 7.48. The van der Waals surface area contributed by atoms with Gasteiger partial charge >= 0.3 is 0 Å². The van der Waals surface area contributed by atoms with E-state index in [1.54, 1.807) is 0 Å². The first-order chi connectivity index (χ1) is 7.48. The predicted molar refractivity (Wildman–Crippen MR) is 64.8 cm³/mol. The van der Waals surface area contributed by atoms with Gasteiger partial charge in [0.05, 0.1) is 5.75 Å². The molecule has 0 heterocycles.